The zero-order chi connectivity index (χ0) is 14.5. The number of carbonyl (C=O) groups excluding carboxylic acids is 1. The standard InChI is InChI=1S/C14H19N3O2S/c1-4-19-14(18)13(12-9(2)16-17-10(12)3)15-8-11-6-5-7-20-11/h5-7,13,15H,4,8H2,1-3H3,(H,16,17). The smallest absolute Gasteiger partial charge is 0.327 e. The van der Waals surface area contributed by atoms with Crippen LogP contribution < -0.4 is 5.32 Å². The van der Waals surface area contributed by atoms with Gasteiger partial charge < -0.3 is 4.74 Å². The topological polar surface area (TPSA) is 67.0 Å². The number of rotatable bonds is 6. The molecule has 0 bridgehead atoms. The van der Waals surface area contributed by atoms with Gasteiger partial charge in [-0.05, 0) is 32.2 Å². The largest absolute Gasteiger partial charge is 0.465 e. The zero-order valence-electron chi connectivity index (χ0n) is 11.9. The Morgan fingerprint density at radius 2 is 2.35 bits per heavy atom. The quantitative estimate of drug-likeness (QED) is 0.803. The predicted molar refractivity (Wildman–Crippen MR) is 78.6 cm³/mol. The minimum Gasteiger partial charge on any atom is -0.465 e. The maximum atomic E-state index is 12.2. The van der Waals surface area contributed by atoms with Crippen molar-refractivity contribution in [1.82, 2.24) is 15.5 Å². The highest BCUT2D eigenvalue weighted by Gasteiger charge is 2.26. The first-order valence-corrected chi connectivity index (χ1v) is 7.45. The number of thiophene rings is 1. The van der Waals surface area contributed by atoms with E-state index in [1.54, 1.807) is 11.3 Å². The van der Waals surface area contributed by atoms with E-state index >= 15 is 0 Å². The molecule has 2 aromatic heterocycles. The number of aromatic amines is 1. The van der Waals surface area contributed by atoms with E-state index in [0.29, 0.717) is 13.2 Å². The second kappa shape index (κ2) is 6.67. The van der Waals surface area contributed by atoms with Gasteiger partial charge in [0.1, 0.15) is 6.04 Å². The molecule has 1 unspecified atom stereocenters. The summed E-state index contributed by atoms with van der Waals surface area (Å²) in [4.78, 5) is 13.4. The molecule has 108 valence electrons. The number of nitrogens with one attached hydrogen (secondary N) is 2. The third kappa shape index (κ3) is 3.26. The van der Waals surface area contributed by atoms with Gasteiger partial charge in [0.05, 0.1) is 12.3 Å². The summed E-state index contributed by atoms with van der Waals surface area (Å²) in [5.74, 6) is -0.267. The Kier molecular flexibility index (Phi) is 4.92. The number of nitrogens with zero attached hydrogens (tertiary/aromatic N) is 1. The van der Waals surface area contributed by atoms with Crippen LogP contribution in [0.5, 0.6) is 0 Å². The van der Waals surface area contributed by atoms with E-state index in [-0.39, 0.29) is 5.97 Å². The van der Waals surface area contributed by atoms with Gasteiger partial charge in [0.25, 0.3) is 0 Å². The van der Waals surface area contributed by atoms with Crippen molar-refractivity contribution in [2.24, 2.45) is 0 Å². The molecule has 2 rings (SSSR count). The van der Waals surface area contributed by atoms with Gasteiger partial charge in [0.2, 0.25) is 0 Å². The average molecular weight is 293 g/mol. The van der Waals surface area contributed by atoms with Crippen molar-refractivity contribution in [3.63, 3.8) is 0 Å². The van der Waals surface area contributed by atoms with Crippen LogP contribution in [0.15, 0.2) is 17.5 Å². The molecule has 2 aromatic rings. The molecule has 0 saturated carbocycles. The van der Waals surface area contributed by atoms with E-state index in [1.165, 1.54) is 4.88 Å². The summed E-state index contributed by atoms with van der Waals surface area (Å²) in [5.41, 5.74) is 2.58. The van der Waals surface area contributed by atoms with E-state index < -0.39 is 6.04 Å². The SMILES string of the molecule is CCOC(=O)C(NCc1cccs1)c1c(C)n[nH]c1C. The molecule has 0 radical (unpaired) electrons. The fourth-order valence-corrected chi connectivity index (χ4v) is 2.79. The van der Waals surface area contributed by atoms with Gasteiger partial charge in [-0.1, -0.05) is 6.07 Å². The fourth-order valence-electron chi connectivity index (χ4n) is 2.13. The van der Waals surface area contributed by atoms with Crippen molar-refractivity contribution in [2.75, 3.05) is 6.61 Å². The zero-order valence-corrected chi connectivity index (χ0v) is 12.7. The van der Waals surface area contributed by atoms with Crippen LogP contribution in [0.4, 0.5) is 0 Å². The van der Waals surface area contributed by atoms with E-state index in [4.69, 9.17) is 4.74 Å². The van der Waals surface area contributed by atoms with E-state index in [0.717, 1.165) is 17.0 Å². The molecular formula is C14H19N3O2S. The monoisotopic (exact) mass is 293 g/mol. The summed E-state index contributed by atoms with van der Waals surface area (Å²) in [6.45, 7) is 6.60. The number of carbonyl (C=O) groups is 1. The highest BCUT2D eigenvalue weighted by molar-refractivity contribution is 7.09. The number of hydrogen-bond acceptors (Lipinski definition) is 5. The van der Waals surface area contributed by atoms with Crippen LogP contribution in [0, 0.1) is 13.8 Å². The lowest BCUT2D eigenvalue weighted by molar-refractivity contribution is -0.145. The minimum absolute atomic E-state index is 0.267. The van der Waals surface area contributed by atoms with Gasteiger partial charge in [-0.3, -0.25) is 10.4 Å². The van der Waals surface area contributed by atoms with Crippen molar-refractivity contribution in [2.45, 2.75) is 33.4 Å². The molecule has 0 aromatic carbocycles. The van der Waals surface area contributed by atoms with Crippen LogP contribution in [0.25, 0.3) is 0 Å². The van der Waals surface area contributed by atoms with Crippen LogP contribution in [0.3, 0.4) is 0 Å². The van der Waals surface area contributed by atoms with Gasteiger partial charge >= 0.3 is 5.97 Å². The van der Waals surface area contributed by atoms with Crippen molar-refractivity contribution < 1.29 is 9.53 Å². The number of hydrogen-bond donors (Lipinski definition) is 2. The van der Waals surface area contributed by atoms with Crippen molar-refractivity contribution >= 4 is 17.3 Å². The molecule has 0 fully saturated rings. The van der Waals surface area contributed by atoms with E-state index in [2.05, 4.69) is 15.5 Å². The first kappa shape index (κ1) is 14.7. The van der Waals surface area contributed by atoms with Crippen molar-refractivity contribution in [1.29, 1.82) is 0 Å². The van der Waals surface area contributed by atoms with Gasteiger partial charge in [0, 0.05) is 22.7 Å². The minimum atomic E-state index is -0.490. The van der Waals surface area contributed by atoms with Crippen LogP contribution in [-0.4, -0.2) is 22.8 Å². The lowest BCUT2D eigenvalue weighted by Gasteiger charge is -2.17. The van der Waals surface area contributed by atoms with Crippen LogP contribution in [-0.2, 0) is 16.1 Å². The van der Waals surface area contributed by atoms with Crippen LogP contribution in [0.1, 0.15) is 34.8 Å². The Morgan fingerprint density at radius 1 is 1.55 bits per heavy atom. The summed E-state index contributed by atoms with van der Waals surface area (Å²) in [6.07, 6.45) is 0. The Morgan fingerprint density at radius 3 is 2.90 bits per heavy atom. The molecule has 5 nitrogen and oxygen atoms in total. The Balaban J connectivity index is 2.18. The van der Waals surface area contributed by atoms with Gasteiger partial charge in [0.15, 0.2) is 0 Å². The molecule has 0 aliphatic rings. The number of aryl methyl sites for hydroxylation is 2. The first-order chi connectivity index (χ1) is 9.63. The van der Waals surface area contributed by atoms with Crippen LogP contribution >= 0.6 is 11.3 Å². The summed E-state index contributed by atoms with van der Waals surface area (Å²) in [7, 11) is 0. The maximum Gasteiger partial charge on any atom is 0.327 e. The van der Waals surface area contributed by atoms with Gasteiger partial charge in [-0.25, -0.2) is 4.79 Å². The average Bonchev–Trinajstić information content (AvgIpc) is 3.03. The third-order valence-electron chi connectivity index (χ3n) is 3.06. The molecule has 2 N–H and O–H groups in total. The normalized spacial score (nSPS) is 12.3. The number of aromatic nitrogens is 2. The lowest BCUT2D eigenvalue weighted by Crippen LogP contribution is -2.30. The molecule has 0 amide bonds. The van der Waals surface area contributed by atoms with E-state index in [9.17, 15) is 4.79 Å². The van der Waals surface area contributed by atoms with E-state index in [1.807, 2.05) is 38.3 Å². The molecule has 20 heavy (non-hydrogen) atoms. The third-order valence-corrected chi connectivity index (χ3v) is 3.93. The summed E-state index contributed by atoms with van der Waals surface area (Å²) >= 11 is 1.66. The number of ether oxygens (including phenoxy) is 1. The Labute approximate surface area is 122 Å². The second-order valence-corrected chi connectivity index (χ2v) is 5.53. The Bertz CT molecular complexity index is 543. The molecule has 0 aliphatic carbocycles. The maximum absolute atomic E-state index is 12.2. The lowest BCUT2D eigenvalue weighted by atomic mass is 10.0. The van der Waals surface area contributed by atoms with Gasteiger partial charge in [-0.15, -0.1) is 11.3 Å². The second-order valence-electron chi connectivity index (χ2n) is 4.49. The van der Waals surface area contributed by atoms with Gasteiger partial charge in [-0.2, -0.15) is 5.10 Å². The molecule has 0 aliphatic heterocycles. The molecule has 6 heteroatoms. The highest BCUT2D eigenvalue weighted by Crippen LogP contribution is 2.22. The van der Waals surface area contributed by atoms with Crippen LogP contribution in [0.2, 0.25) is 0 Å². The molecular weight excluding hydrogens is 274 g/mol. The summed E-state index contributed by atoms with van der Waals surface area (Å²) < 4.78 is 5.17. The van der Waals surface area contributed by atoms with Crippen molar-refractivity contribution in [3.8, 4) is 0 Å². The Hall–Kier alpha value is -1.66. The first-order valence-electron chi connectivity index (χ1n) is 6.57. The molecule has 2 heterocycles. The number of esters is 1. The molecule has 1 atom stereocenters. The van der Waals surface area contributed by atoms with Crippen molar-refractivity contribution in [3.05, 3.63) is 39.3 Å². The highest BCUT2D eigenvalue weighted by atomic mass is 32.1. The molecule has 0 spiro atoms. The summed E-state index contributed by atoms with van der Waals surface area (Å²) in [6, 6.07) is 3.54. The predicted octanol–water partition coefficient (Wildman–Crippen LogP) is 2.48. The molecule has 0 saturated heterocycles. The summed E-state index contributed by atoms with van der Waals surface area (Å²) in [5, 5.41) is 12.4. The number of H-pyrrole nitrogens is 1. The fraction of sp³-hybridized carbons (Fsp3) is 0.429.